The highest BCUT2D eigenvalue weighted by Crippen LogP contribution is 2.44. The second-order valence-corrected chi connectivity index (χ2v) is 7.71. The van der Waals surface area contributed by atoms with E-state index in [9.17, 15) is 0 Å². The van der Waals surface area contributed by atoms with Gasteiger partial charge in [-0.3, -0.25) is 0 Å². The Balaban J connectivity index is 1.35. The van der Waals surface area contributed by atoms with E-state index < -0.39 is 0 Å². The molecule has 148 valence electrons. The van der Waals surface area contributed by atoms with Crippen LogP contribution in [0.1, 0.15) is 11.1 Å². The molecule has 0 spiro atoms. The number of piperazine rings is 1. The van der Waals surface area contributed by atoms with E-state index in [1.54, 1.807) is 0 Å². The van der Waals surface area contributed by atoms with Gasteiger partial charge >= 0.3 is 0 Å². The van der Waals surface area contributed by atoms with Crippen molar-refractivity contribution in [1.82, 2.24) is 10.2 Å². The summed E-state index contributed by atoms with van der Waals surface area (Å²) in [5, 5.41) is 8.84. The Morgan fingerprint density at radius 3 is 2.34 bits per heavy atom. The number of benzene rings is 2. The fraction of sp³-hybridized carbons (Fsp3) is 0.304. The van der Waals surface area contributed by atoms with E-state index >= 15 is 0 Å². The molecule has 0 amide bonds. The average molecular weight is 387 g/mol. The Kier molecular flexibility index (Phi) is 4.27. The van der Waals surface area contributed by atoms with Gasteiger partial charge in [0, 0.05) is 45.0 Å². The van der Waals surface area contributed by atoms with Crippen LogP contribution in [0.4, 0.5) is 22.9 Å². The molecule has 1 aromatic heterocycles. The van der Waals surface area contributed by atoms with Crippen molar-refractivity contribution in [3.8, 4) is 11.6 Å². The first kappa shape index (κ1) is 17.8. The van der Waals surface area contributed by atoms with Crippen LogP contribution in [0.15, 0.2) is 48.5 Å². The molecule has 3 aromatic rings. The zero-order chi connectivity index (χ0) is 20.0. The number of rotatable bonds is 2. The molecule has 0 saturated carbocycles. The molecule has 5 rings (SSSR count). The van der Waals surface area contributed by atoms with Crippen molar-refractivity contribution in [3.05, 3.63) is 59.7 Å². The molecule has 0 aliphatic carbocycles. The van der Waals surface area contributed by atoms with E-state index in [0.717, 1.165) is 49.1 Å². The lowest BCUT2D eigenvalue weighted by atomic mass is 10.1. The third-order valence-corrected chi connectivity index (χ3v) is 6.04. The SMILES string of the molecule is Cc1cccc(N2CCN(c3cc4c(nn3)Oc3ccccc3N4C)CC2)c1C. The maximum absolute atomic E-state index is 5.95. The van der Waals surface area contributed by atoms with E-state index in [-0.39, 0.29) is 0 Å². The fourth-order valence-corrected chi connectivity index (χ4v) is 4.14. The standard InChI is InChI=1S/C23H25N5O/c1-16-7-6-9-18(17(16)2)27-11-13-28(14-12-27)22-15-20-23(25-24-22)29-21-10-5-4-8-19(21)26(20)3/h4-10,15H,11-14H2,1-3H3. The van der Waals surface area contributed by atoms with Crippen molar-refractivity contribution < 1.29 is 4.74 Å². The predicted molar refractivity (Wildman–Crippen MR) is 117 cm³/mol. The first-order chi connectivity index (χ1) is 14.1. The van der Waals surface area contributed by atoms with E-state index in [1.165, 1.54) is 16.8 Å². The maximum Gasteiger partial charge on any atom is 0.263 e. The second-order valence-electron chi connectivity index (χ2n) is 7.71. The number of fused-ring (bicyclic) bond motifs is 2. The lowest BCUT2D eigenvalue weighted by Gasteiger charge is -2.38. The largest absolute Gasteiger partial charge is 0.434 e. The summed E-state index contributed by atoms with van der Waals surface area (Å²) in [7, 11) is 2.05. The molecule has 0 N–H and O–H groups in total. The van der Waals surface area contributed by atoms with Crippen molar-refractivity contribution in [2.45, 2.75) is 13.8 Å². The smallest absolute Gasteiger partial charge is 0.263 e. The van der Waals surface area contributed by atoms with Gasteiger partial charge in [-0.2, -0.15) is 0 Å². The van der Waals surface area contributed by atoms with Crippen molar-refractivity contribution in [3.63, 3.8) is 0 Å². The third kappa shape index (κ3) is 3.05. The summed E-state index contributed by atoms with van der Waals surface area (Å²) < 4.78 is 5.95. The van der Waals surface area contributed by atoms with Crippen molar-refractivity contribution in [1.29, 1.82) is 0 Å². The number of ether oxygens (including phenoxy) is 1. The molecule has 0 radical (unpaired) electrons. The Morgan fingerprint density at radius 2 is 1.52 bits per heavy atom. The van der Waals surface area contributed by atoms with Crippen molar-refractivity contribution >= 4 is 22.9 Å². The van der Waals surface area contributed by atoms with Crippen LogP contribution in [0, 0.1) is 13.8 Å². The number of hydrogen-bond donors (Lipinski definition) is 0. The van der Waals surface area contributed by atoms with Gasteiger partial charge in [-0.05, 0) is 43.2 Å². The van der Waals surface area contributed by atoms with Gasteiger partial charge < -0.3 is 19.4 Å². The Hall–Kier alpha value is -3.28. The minimum absolute atomic E-state index is 0.559. The molecule has 6 nitrogen and oxygen atoms in total. The minimum atomic E-state index is 0.559. The summed E-state index contributed by atoms with van der Waals surface area (Å²) >= 11 is 0. The van der Waals surface area contributed by atoms with Gasteiger partial charge in [-0.25, -0.2) is 0 Å². The Bertz CT molecular complexity index is 1060. The fourth-order valence-electron chi connectivity index (χ4n) is 4.14. The van der Waals surface area contributed by atoms with Crippen LogP contribution in [-0.2, 0) is 0 Å². The predicted octanol–water partition coefficient (Wildman–Crippen LogP) is 4.29. The first-order valence-corrected chi connectivity index (χ1v) is 10.1. The highest BCUT2D eigenvalue weighted by Gasteiger charge is 2.26. The molecule has 29 heavy (non-hydrogen) atoms. The molecule has 1 saturated heterocycles. The number of nitrogens with zero attached hydrogens (tertiary/aromatic N) is 5. The maximum atomic E-state index is 5.95. The van der Waals surface area contributed by atoms with Crippen molar-refractivity contribution in [2.75, 3.05) is 47.9 Å². The molecular formula is C23H25N5O. The lowest BCUT2D eigenvalue weighted by molar-refractivity contribution is 0.448. The summed E-state index contributed by atoms with van der Waals surface area (Å²) in [6, 6.07) is 16.6. The topological polar surface area (TPSA) is 44.7 Å². The van der Waals surface area contributed by atoms with Crippen molar-refractivity contribution in [2.24, 2.45) is 0 Å². The number of hydrogen-bond acceptors (Lipinski definition) is 6. The van der Waals surface area contributed by atoms with Gasteiger partial charge in [-0.1, -0.05) is 24.3 Å². The highest BCUT2D eigenvalue weighted by molar-refractivity contribution is 5.77. The van der Waals surface area contributed by atoms with Crippen LogP contribution in [0.2, 0.25) is 0 Å². The van der Waals surface area contributed by atoms with Crippen LogP contribution < -0.4 is 19.4 Å². The second kappa shape index (κ2) is 6.95. The van der Waals surface area contributed by atoms with Gasteiger partial charge in [0.2, 0.25) is 0 Å². The van der Waals surface area contributed by atoms with E-state index in [1.807, 2.05) is 25.2 Å². The monoisotopic (exact) mass is 387 g/mol. The van der Waals surface area contributed by atoms with Gasteiger partial charge in [0.15, 0.2) is 11.6 Å². The molecule has 0 unspecified atom stereocenters. The number of aromatic nitrogens is 2. The molecular weight excluding hydrogens is 362 g/mol. The van der Waals surface area contributed by atoms with Crippen LogP contribution in [-0.4, -0.2) is 43.4 Å². The summed E-state index contributed by atoms with van der Waals surface area (Å²) in [5.41, 5.74) is 6.04. The van der Waals surface area contributed by atoms with Crippen LogP contribution in [0.3, 0.4) is 0 Å². The molecule has 0 atom stereocenters. The third-order valence-electron chi connectivity index (χ3n) is 6.04. The normalized spacial score (nSPS) is 15.6. The average Bonchev–Trinajstić information content (AvgIpc) is 2.76. The van der Waals surface area contributed by atoms with Crippen LogP contribution >= 0.6 is 0 Å². The number of anilines is 4. The van der Waals surface area contributed by atoms with Crippen LogP contribution in [0.25, 0.3) is 0 Å². The zero-order valence-corrected chi connectivity index (χ0v) is 17.1. The quantitative estimate of drug-likeness (QED) is 0.654. The number of para-hydroxylation sites is 2. The summed E-state index contributed by atoms with van der Waals surface area (Å²) in [5.74, 6) is 2.27. The Morgan fingerprint density at radius 1 is 0.793 bits per heavy atom. The summed E-state index contributed by atoms with van der Waals surface area (Å²) in [6.45, 7) is 8.16. The summed E-state index contributed by atoms with van der Waals surface area (Å²) in [6.07, 6.45) is 0. The molecule has 2 aliphatic rings. The molecule has 3 heterocycles. The van der Waals surface area contributed by atoms with Gasteiger partial charge in [0.25, 0.3) is 5.88 Å². The summed E-state index contributed by atoms with van der Waals surface area (Å²) in [4.78, 5) is 6.90. The number of aryl methyl sites for hydroxylation is 1. The minimum Gasteiger partial charge on any atom is -0.434 e. The Labute approximate surface area is 171 Å². The van der Waals surface area contributed by atoms with Crippen LogP contribution in [0.5, 0.6) is 11.6 Å². The van der Waals surface area contributed by atoms with E-state index in [0.29, 0.717) is 5.88 Å². The molecule has 2 aliphatic heterocycles. The highest BCUT2D eigenvalue weighted by atomic mass is 16.5. The lowest BCUT2D eigenvalue weighted by Crippen LogP contribution is -2.47. The molecule has 2 aromatic carbocycles. The van der Waals surface area contributed by atoms with Gasteiger partial charge in [0.05, 0.1) is 5.69 Å². The van der Waals surface area contributed by atoms with Gasteiger partial charge in [0.1, 0.15) is 5.69 Å². The van der Waals surface area contributed by atoms with E-state index in [2.05, 4.69) is 69.1 Å². The molecule has 1 fully saturated rings. The molecule has 6 heteroatoms. The molecule has 0 bridgehead atoms. The van der Waals surface area contributed by atoms with E-state index in [4.69, 9.17) is 4.74 Å². The van der Waals surface area contributed by atoms with Gasteiger partial charge in [-0.15, -0.1) is 10.2 Å². The first-order valence-electron chi connectivity index (χ1n) is 10.1. The zero-order valence-electron chi connectivity index (χ0n) is 17.1.